The van der Waals surface area contributed by atoms with Crippen LogP contribution in [0, 0.1) is 6.92 Å². The molecule has 2 aliphatic rings. The van der Waals surface area contributed by atoms with E-state index in [4.69, 9.17) is 4.98 Å². The lowest BCUT2D eigenvalue weighted by Gasteiger charge is -2.35. The van der Waals surface area contributed by atoms with Gasteiger partial charge in [0.05, 0.1) is 11.2 Å². The van der Waals surface area contributed by atoms with Gasteiger partial charge in [-0.05, 0) is 37.5 Å². The third-order valence-electron chi connectivity index (χ3n) is 5.54. The maximum absolute atomic E-state index is 4.70. The van der Waals surface area contributed by atoms with Gasteiger partial charge in [0.15, 0.2) is 0 Å². The molecule has 5 rings (SSSR count). The molecule has 3 aromatic rings. The van der Waals surface area contributed by atoms with Gasteiger partial charge in [-0.15, -0.1) is 0 Å². The fraction of sp³-hybridized carbons (Fsp3) is 0.350. The SMILES string of the molecule is Cc1ncc2c(n1)CC1CCC2N1Cc1ccnc2ccccc12. The van der Waals surface area contributed by atoms with Gasteiger partial charge in [-0.1, -0.05) is 18.2 Å². The van der Waals surface area contributed by atoms with Gasteiger partial charge in [0.1, 0.15) is 5.82 Å². The second kappa shape index (κ2) is 5.35. The van der Waals surface area contributed by atoms with E-state index in [0.717, 1.165) is 24.3 Å². The quantitative estimate of drug-likeness (QED) is 0.724. The maximum Gasteiger partial charge on any atom is 0.125 e. The molecule has 2 bridgehead atoms. The fourth-order valence-electron chi connectivity index (χ4n) is 4.41. The van der Waals surface area contributed by atoms with Crippen LogP contribution in [-0.2, 0) is 13.0 Å². The largest absolute Gasteiger partial charge is 0.289 e. The summed E-state index contributed by atoms with van der Waals surface area (Å²) < 4.78 is 0. The zero-order valence-corrected chi connectivity index (χ0v) is 13.8. The van der Waals surface area contributed by atoms with Gasteiger partial charge >= 0.3 is 0 Å². The number of aromatic nitrogens is 3. The van der Waals surface area contributed by atoms with E-state index in [1.165, 1.54) is 35.0 Å². The number of aryl methyl sites for hydroxylation is 1. The first-order valence-corrected chi connectivity index (χ1v) is 8.70. The predicted octanol–water partition coefficient (Wildman–Crippen LogP) is 3.60. The topological polar surface area (TPSA) is 41.9 Å². The number of hydrogen-bond acceptors (Lipinski definition) is 4. The van der Waals surface area contributed by atoms with E-state index < -0.39 is 0 Å². The molecule has 1 saturated heterocycles. The van der Waals surface area contributed by atoms with E-state index in [0.29, 0.717) is 12.1 Å². The highest BCUT2D eigenvalue weighted by Gasteiger charge is 2.40. The van der Waals surface area contributed by atoms with Gasteiger partial charge < -0.3 is 0 Å². The van der Waals surface area contributed by atoms with Crippen LogP contribution in [0.1, 0.15) is 41.5 Å². The Morgan fingerprint density at radius 2 is 2.04 bits per heavy atom. The van der Waals surface area contributed by atoms with Crippen molar-refractivity contribution in [3.63, 3.8) is 0 Å². The number of hydrogen-bond donors (Lipinski definition) is 0. The Labute approximate surface area is 141 Å². The average molecular weight is 316 g/mol. The zero-order valence-electron chi connectivity index (χ0n) is 13.8. The molecule has 1 aromatic carbocycles. The number of para-hydroxylation sites is 1. The smallest absolute Gasteiger partial charge is 0.125 e. The van der Waals surface area contributed by atoms with Crippen LogP contribution in [-0.4, -0.2) is 25.9 Å². The lowest BCUT2D eigenvalue weighted by molar-refractivity contribution is 0.166. The van der Waals surface area contributed by atoms with Crippen LogP contribution in [0.2, 0.25) is 0 Å². The number of fused-ring (bicyclic) bond motifs is 5. The molecule has 4 nitrogen and oxygen atoms in total. The van der Waals surface area contributed by atoms with Crippen molar-refractivity contribution in [2.24, 2.45) is 0 Å². The Morgan fingerprint density at radius 1 is 1.12 bits per heavy atom. The van der Waals surface area contributed by atoms with Crippen molar-refractivity contribution in [2.45, 2.75) is 44.8 Å². The van der Waals surface area contributed by atoms with Crippen LogP contribution in [0.15, 0.2) is 42.7 Å². The van der Waals surface area contributed by atoms with E-state index in [1.807, 2.05) is 13.1 Å². The molecular weight excluding hydrogens is 296 g/mol. The molecule has 2 aromatic heterocycles. The first-order chi connectivity index (χ1) is 11.8. The van der Waals surface area contributed by atoms with Crippen LogP contribution in [0.5, 0.6) is 0 Å². The van der Waals surface area contributed by atoms with E-state index in [-0.39, 0.29) is 0 Å². The molecule has 4 heterocycles. The Bertz CT molecular complexity index is 915. The van der Waals surface area contributed by atoms with E-state index in [2.05, 4.69) is 51.4 Å². The van der Waals surface area contributed by atoms with Gasteiger partial charge in [-0.25, -0.2) is 9.97 Å². The lowest BCUT2D eigenvalue weighted by atomic mass is 9.98. The number of nitrogens with zero attached hydrogens (tertiary/aromatic N) is 4. The highest BCUT2D eigenvalue weighted by atomic mass is 15.2. The Morgan fingerprint density at radius 3 is 3.00 bits per heavy atom. The minimum atomic E-state index is 0.464. The van der Waals surface area contributed by atoms with Crippen molar-refractivity contribution in [3.05, 3.63) is 65.4 Å². The molecule has 2 atom stereocenters. The predicted molar refractivity (Wildman–Crippen MR) is 93.5 cm³/mol. The molecule has 120 valence electrons. The van der Waals surface area contributed by atoms with Crippen molar-refractivity contribution in [3.8, 4) is 0 Å². The average Bonchev–Trinajstić information content (AvgIpc) is 2.88. The molecule has 0 spiro atoms. The summed E-state index contributed by atoms with van der Waals surface area (Å²) in [5.74, 6) is 0.890. The van der Waals surface area contributed by atoms with Crippen LogP contribution in [0.3, 0.4) is 0 Å². The van der Waals surface area contributed by atoms with Gasteiger partial charge in [0, 0.05) is 48.4 Å². The lowest BCUT2D eigenvalue weighted by Crippen LogP contribution is -2.37. The molecule has 0 saturated carbocycles. The summed E-state index contributed by atoms with van der Waals surface area (Å²) in [7, 11) is 0. The van der Waals surface area contributed by atoms with Crippen LogP contribution < -0.4 is 0 Å². The highest BCUT2D eigenvalue weighted by molar-refractivity contribution is 5.81. The Hall–Kier alpha value is -2.33. The third-order valence-corrected chi connectivity index (χ3v) is 5.54. The van der Waals surface area contributed by atoms with Crippen LogP contribution >= 0.6 is 0 Å². The first kappa shape index (κ1) is 14.1. The molecule has 4 heteroatoms. The monoisotopic (exact) mass is 316 g/mol. The van der Waals surface area contributed by atoms with Crippen molar-refractivity contribution in [2.75, 3.05) is 0 Å². The number of rotatable bonds is 2. The summed E-state index contributed by atoms with van der Waals surface area (Å²) in [6.45, 7) is 2.96. The van der Waals surface area contributed by atoms with E-state index in [9.17, 15) is 0 Å². The zero-order chi connectivity index (χ0) is 16.1. The molecule has 24 heavy (non-hydrogen) atoms. The summed E-state index contributed by atoms with van der Waals surface area (Å²) in [5.41, 5.74) is 5.06. The summed E-state index contributed by atoms with van der Waals surface area (Å²) in [6.07, 6.45) is 7.51. The van der Waals surface area contributed by atoms with Crippen molar-refractivity contribution >= 4 is 10.9 Å². The third kappa shape index (κ3) is 2.13. The normalized spacial score (nSPS) is 22.7. The van der Waals surface area contributed by atoms with Crippen molar-refractivity contribution in [1.29, 1.82) is 0 Å². The van der Waals surface area contributed by atoms with Crippen molar-refractivity contribution in [1.82, 2.24) is 19.9 Å². The summed E-state index contributed by atoms with van der Waals surface area (Å²) in [5, 5.41) is 1.27. The van der Waals surface area contributed by atoms with E-state index in [1.54, 1.807) is 0 Å². The van der Waals surface area contributed by atoms with Crippen molar-refractivity contribution < 1.29 is 0 Å². The van der Waals surface area contributed by atoms with Crippen LogP contribution in [0.25, 0.3) is 10.9 Å². The highest BCUT2D eigenvalue weighted by Crippen LogP contribution is 2.43. The second-order valence-electron chi connectivity index (χ2n) is 6.93. The maximum atomic E-state index is 4.70. The molecule has 0 amide bonds. The Kier molecular flexibility index (Phi) is 3.13. The van der Waals surface area contributed by atoms with Gasteiger partial charge in [0.25, 0.3) is 0 Å². The number of pyridine rings is 1. The summed E-state index contributed by atoms with van der Waals surface area (Å²) >= 11 is 0. The number of benzene rings is 1. The molecule has 2 unspecified atom stereocenters. The molecule has 2 aliphatic heterocycles. The Balaban J connectivity index is 1.53. The fourth-order valence-corrected chi connectivity index (χ4v) is 4.41. The minimum absolute atomic E-state index is 0.464. The summed E-state index contributed by atoms with van der Waals surface area (Å²) in [4.78, 5) is 16.3. The molecular formula is C20H20N4. The van der Waals surface area contributed by atoms with Gasteiger partial charge in [0.2, 0.25) is 0 Å². The molecule has 1 fully saturated rings. The van der Waals surface area contributed by atoms with E-state index >= 15 is 0 Å². The molecule has 0 N–H and O–H groups in total. The van der Waals surface area contributed by atoms with Gasteiger partial charge in [-0.3, -0.25) is 9.88 Å². The standard InChI is InChI=1S/C20H20N4/c1-13-22-11-17-19(23-13)10-15-6-7-20(17)24(15)12-14-8-9-21-18-5-3-2-4-16(14)18/h2-5,8-9,11,15,20H,6-7,10,12H2,1H3. The van der Waals surface area contributed by atoms with Gasteiger partial charge in [-0.2, -0.15) is 0 Å². The summed E-state index contributed by atoms with van der Waals surface area (Å²) in [6, 6.07) is 11.7. The van der Waals surface area contributed by atoms with Crippen LogP contribution in [0.4, 0.5) is 0 Å². The molecule has 0 aliphatic carbocycles. The minimum Gasteiger partial charge on any atom is -0.289 e. The first-order valence-electron chi connectivity index (χ1n) is 8.70. The molecule has 0 radical (unpaired) electrons. The second-order valence-corrected chi connectivity index (χ2v) is 6.93.